The quantitative estimate of drug-likeness (QED) is 0.770. The number of anilines is 2. The molecule has 8 heteroatoms. The standard InChI is InChI=1S/C20H19FN2O5/c1-22(14-6-8-16(9-7-14)28-12-18(24)25)19(26)17-10-11-23(20(17)27)15-4-2-13(21)3-5-15/h2-9,17H,10-12H2,1H3,(H,24,25). The minimum atomic E-state index is -1.08. The first-order valence-corrected chi connectivity index (χ1v) is 8.66. The Labute approximate surface area is 160 Å². The van der Waals surface area contributed by atoms with Crippen LogP contribution in [0, 0.1) is 11.7 Å². The first kappa shape index (κ1) is 19.3. The Morgan fingerprint density at radius 2 is 1.82 bits per heavy atom. The lowest BCUT2D eigenvalue weighted by atomic mass is 10.1. The number of benzene rings is 2. The van der Waals surface area contributed by atoms with Crippen molar-refractivity contribution < 1.29 is 28.6 Å². The summed E-state index contributed by atoms with van der Waals surface area (Å²) in [6, 6.07) is 11.9. The first-order chi connectivity index (χ1) is 13.4. The second kappa shape index (κ2) is 8.08. The van der Waals surface area contributed by atoms with Crippen LogP contribution in [0.5, 0.6) is 5.75 Å². The Balaban J connectivity index is 1.67. The van der Waals surface area contributed by atoms with Crippen molar-refractivity contribution in [2.75, 3.05) is 30.0 Å². The van der Waals surface area contributed by atoms with E-state index in [1.165, 1.54) is 34.1 Å². The van der Waals surface area contributed by atoms with Crippen molar-refractivity contribution in [3.8, 4) is 5.75 Å². The van der Waals surface area contributed by atoms with Crippen LogP contribution in [-0.2, 0) is 14.4 Å². The molecular weight excluding hydrogens is 367 g/mol. The zero-order valence-electron chi connectivity index (χ0n) is 15.2. The summed E-state index contributed by atoms with van der Waals surface area (Å²) < 4.78 is 18.1. The number of carbonyl (C=O) groups is 3. The van der Waals surface area contributed by atoms with E-state index >= 15 is 0 Å². The molecule has 2 aromatic rings. The zero-order valence-corrected chi connectivity index (χ0v) is 15.2. The highest BCUT2D eigenvalue weighted by Gasteiger charge is 2.39. The predicted octanol–water partition coefficient (Wildman–Crippen LogP) is 2.31. The van der Waals surface area contributed by atoms with Gasteiger partial charge in [-0.25, -0.2) is 9.18 Å². The lowest BCUT2D eigenvalue weighted by Gasteiger charge is -2.21. The van der Waals surface area contributed by atoms with Gasteiger partial charge >= 0.3 is 5.97 Å². The van der Waals surface area contributed by atoms with Crippen LogP contribution in [0.2, 0.25) is 0 Å². The van der Waals surface area contributed by atoms with E-state index in [0.29, 0.717) is 30.1 Å². The number of carboxylic acid groups (broad SMARTS) is 1. The number of nitrogens with zero attached hydrogens (tertiary/aromatic N) is 2. The fourth-order valence-electron chi connectivity index (χ4n) is 3.06. The molecule has 1 saturated heterocycles. The van der Waals surface area contributed by atoms with Crippen LogP contribution < -0.4 is 14.5 Å². The Kier molecular flexibility index (Phi) is 5.58. The molecule has 1 N–H and O–H groups in total. The van der Waals surface area contributed by atoms with Gasteiger partial charge in [0.1, 0.15) is 17.5 Å². The van der Waals surface area contributed by atoms with E-state index in [0.717, 1.165) is 0 Å². The molecule has 2 amide bonds. The number of amides is 2. The molecular formula is C20H19FN2O5. The van der Waals surface area contributed by atoms with Crippen molar-refractivity contribution in [1.82, 2.24) is 0 Å². The number of halogens is 1. The van der Waals surface area contributed by atoms with Gasteiger partial charge < -0.3 is 19.6 Å². The summed E-state index contributed by atoms with van der Waals surface area (Å²) in [4.78, 5) is 38.9. The van der Waals surface area contributed by atoms with Gasteiger partial charge in [-0.2, -0.15) is 0 Å². The van der Waals surface area contributed by atoms with E-state index in [4.69, 9.17) is 9.84 Å². The summed E-state index contributed by atoms with van der Waals surface area (Å²) in [6.07, 6.45) is 0.374. The van der Waals surface area contributed by atoms with Crippen molar-refractivity contribution in [2.24, 2.45) is 5.92 Å². The van der Waals surface area contributed by atoms with Crippen LogP contribution in [0.15, 0.2) is 48.5 Å². The predicted molar refractivity (Wildman–Crippen MR) is 99.8 cm³/mol. The molecule has 0 aromatic heterocycles. The second-order valence-electron chi connectivity index (χ2n) is 6.38. The maximum Gasteiger partial charge on any atom is 0.341 e. The molecule has 0 aliphatic carbocycles. The summed E-state index contributed by atoms with van der Waals surface area (Å²) in [5.74, 6) is -2.57. The maximum absolute atomic E-state index is 13.1. The highest BCUT2D eigenvalue weighted by molar-refractivity contribution is 6.13. The van der Waals surface area contributed by atoms with Gasteiger partial charge in [0.05, 0.1) is 0 Å². The van der Waals surface area contributed by atoms with E-state index in [9.17, 15) is 18.8 Å². The second-order valence-corrected chi connectivity index (χ2v) is 6.38. The average molecular weight is 386 g/mol. The summed E-state index contributed by atoms with van der Waals surface area (Å²) in [5, 5.41) is 8.62. The number of ether oxygens (including phenoxy) is 1. The Bertz CT molecular complexity index is 882. The smallest absolute Gasteiger partial charge is 0.341 e. The number of rotatable bonds is 6. The number of aliphatic carboxylic acids is 1. The number of hydrogen-bond acceptors (Lipinski definition) is 4. The van der Waals surface area contributed by atoms with Crippen molar-refractivity contribution in [2.45, 2.75) is 6.42 Å². The van der Waals surface area contributed by atoms with Crippen LogP contribution >= 0.6 is 0 Å². The molecule has 0 spiro atoms. The van der Waals surface area contributed by atoms with E-state index in [1.54, 1.807) is 31.3 Å². The lowest BCUT2D eigenvalue weighted by Crippen LogP contribution is -2.38. The Morgan fingerprint density at radius 1 is 1.18 bits per heavy atom. The van der Waals surface area contributed by atoms with Gasteiger partial charge in [-0.1, -0.05) is 0 Å². The number of hydrogen-bond donors (Lipinski definition) is 1. The molecule has 1 heterocycles. The molecule has 2 aromatic carbocycles. The molecule has 0 radical (unpaired) electrons. The largest absolute Gasteiger partial charge is 0.482 e. The summed E-state index contributed by atoms with van der Waals surface area (Å²) in [5.41, 5.74) is 1.12. The van der Waals surface area contributed by atoms with Gasteiger partial charge in [-0.15, -0.1) is 0 Å². The number of carbonyl (C=O) groups excluding carboxylic acids is 2. The summed E-state index contributed by atoms with van der Waals surface area (Å²) >= 11 is 0. The van der Waals surface area contributed by atoms with E-state index in [2.05, 4.69) is 0 Å². The third-order valence-corrected chi connectivity index (χ3v) is 4.56. The fourth-order valence-corrected chi connectivity index (χ4v) is 3.06. The Hall–Kier alpha value is -3.42. The molecule has 3 rings (SSSR count). The van der Waals surface area contributed by atoms with Gasteiger partial charge in [-0.3, -0.25) is 9.59 Å². The van der Waals surface area contributed by atoms with Gasteiger partial charge in [-0.05, 0) is 55.0 Å². The molecule has 7 nitrogen and oxygen atoms in total. The van der Waals surface area contributed by atoms with Gasteiger partial charge in [0, 0.05) is 25.0 Å². The highest BCUT2D eigenvalue weighted by Crippen LogP contribution is 2.28. The third-order valence-electron chi connectivity index (χ3n) is 4.56. The maximum atomic E-state index is 13.1. The van der Waals surface area contributed by atoms with Crippen LogP contribution in [0.4, 0.5) is 15.8 Å². The third kappa shape index (κ3) is 4.11. The molecule has 1 atom stereocenters. The van der Waals surface area contributed by atoms with Crippen LogP contribution in [0.3, 0.4) is 0 Å². The minimum absolute atomic E-state index is 0.315. The molecule has 1 aliphatic heterocycles. The number of carboxylic acids is 1. The fraction of sp³-hybridized carbons (Fsp3) is 0.250. The molecule has 1 aliphatic rings. The van der Waals surface area contributed by atoms with Crippen LogP contribution in [-0.4, -0.2) is 43.1 Å². The topological polar surface area (TPSA) is 87.2 Å². The lowest BCUT2D eigenvalue weighted by molar-refractivity contribution is -0.139. The molecule has 146 valence electrons. The minimum Gasteiger partial charge on any atom is -0.482 e. The van der Waals surface area contributed by atoms with Crippen molar-refractivity contribution >= 4 is 29.2 Å². The molecule has 28 heavy (non-hydrogen) atoms. The molecule has 0 bridgehead atoms. The SMILES string of the molecule is CN(C(=O)C1CCN(c2ccc(F)cc2)C1=O)c1ccc(OCC(=O)O)cc1. The van der Waals surface area contributed by atoms with Gasteiger partial charge in [0.2, 0.25) is 11.8 Å². The van der Waals surface area contributed by atoms with Crippen molar-refractivity contribution in [3.63, 3.8) is 0 Å². The average Bonchev–Trinajstić information content (AvgIpc) is 3.07. The highest BCUT2D eigenvalue weighted by atomic mass is 19.1. The molecule has 0 saturated carbocycles. The van der Waals surface area contributed by atoms with E-state index < -0.39 is 24.3 Å². The van der Waals surface area contributed by atoms with Crippen LogP contribution in [0.25, 0.3) is 0 Å². The first-order valence-electron chi connectivity index (χ1n) is 8.66. The van der Waals surface area contributed by atoms with Gasteiger partial charge in [0.25, 0.3) is 0 Å². The van der Waals surface area contributed by atoms with Gasteiger partial charge in [0.15, 0.2) is 6.61 Å². The molecule has 1 fully saturated rings. The zero-order chi connectivity index (χ0) is 20.3. The van der Waals surface area contributed by atoms with Crippen LogP contribution in [0.1, 0.15) is 6.42 Å². The Morgan fingerprint density at radius 3 is 2.43 bits per heavy atom. The van der Waals surface area contributed by atoms with Crippen molar-refractivity contribution in [1.29, 1.82) is 0 Å². The van der Waals surface area contributed by atoms with E-state index in [-0.39, 0.29) is 11.8 Å². The summed E-state index contributed by atoms with van der Waals surface area (Å²) in [7, 11) is 1.57. The van der Waals surface area contributed by atoms with Crippen molar-refractivity contribution in [3.05, 3.63) is 54.3 Å². The molecule has 1 unspecified atom stereocenters. The monoisotopic (exact) mass is 386 g/mol. The summed E-state index contributed by atoms with van der Waals surface area (Å²) in [6.45, 7) is -0.0689. The normalized spacial score (nSPS) is 16.1. The van der Waals surface area contributed by atoms with E-state index in [1.807, 2.05) is 0 Å².